The van der Waals surface area contributed by atoms with Gasteiger partial charge in [-0.1, -0.05) is 0 Å². The fourth-order valence-corrected chi connectivity index (χ4v) is 1.12. The number of nitrogens with one attached hydrogen (secondary N) is 1. The lowest BCUT2D eigenvalue weighted by Gasteiger charge is -2.15. The second-order valence-corrected chi connectivity index (χ2v) is 3.88. The van der Waals surface area contributed by atoms with Crippen molar-refractivity contribution in [2.75, 3.05) is 13.1 Å². The lowest BCUT2D eigenvalue weighted by Crippen LogP contribution is -2.40. The van der Waals surface area contributed by atoms with Crippen LogP contribution in [0, 0.1) is 5.92 Å². The van der Waals surface area contributed by atoms with Crippen LogP contribution in [0.3, 0.4) is 0 Å². The van der Waals surface area contributed by atoms with E-state index in [0.717, 1.165) is 6.92 Å². The van der Waals surface area contributed by atoms with Crippen LogP contribution in [0.5, 0.6) is 0 Å². The number of Topliss-reactive ketones (excluding diaryl/α,β-unsaturated/α-hetero) is 1. The highest BCUT2D eigenvalue weighted by molar-refractivity contribution is 6.02. The zero-order valence-electron chi connectivity index (χ0n) is 11.2. The van der Waals surface area contributed by atoms with Crippen molar-refractivity contribution in [2.45, 2.75) is 13.3 Å². The molecule has 0 spiro atoms. The highest BCUT2D eigenvalue weighted by Crippen LogP contribution is 2.06. The van der Waals surface area contributed by atoms with Gasteiger partial charge in [0.05, 0.1) is 13.0 Å². The summed E-state index contributed by atoms with van der Waals surface area (Å²) in [4.78, 5) is 59.4. The molecule has 0 aliphatic carbocycles. The molecule has 0 aromatic rings. The van der Waals surface area contributed by atoms with Gasteiger partial charge in [-0.15, -0.1) is 0 Å². The van der Waals surface area contributed by atoms with Gasteiger partial charge in [-0.25, -0.2) is 4.79 Å². The number of nitrogens with zero attached hydrogens (tertiary/aromatic N) is 1. The molecule has 0 fully saturated rings. The average molecular weight is 304 g/mol. The number of nitrogens with two attached hydrogens (primary N) is 2. The third-order valence-corrected chi connectivity index (χ3v) is 2.23. The van der Waals surface area contributed by atoms with Crippen LogP contribution in [0.1, 0.15) is 13.3 Å². The largest absolute Gasteiger partial charge is 0.369 e. The molecule has 0 heterocycles. The summed E-state index contributed by atoms with van der Waals surface area (Å²) < 4.78 is 0. The third-order valence-electron chi connectivity index (χ3n) is 2.23. The number of amides is 3. The first kappa shape index (κ1) is 18.5. The highest BCUT2D eigenvalue weighted by Gasteiger charge is 2.28. The van der Waals surface area contributed by atoms with E-state index >= 15 is 0 Å². The van der Waals surface area contributed by atoms with E-state index in [-0.39, 0.29) is 6.54 Å². The molecule has 0 aliphatic heterocycles. The molecular formula is C10H16N4O7. The van der Waals surface area contributed by atoms with Crippen LogP contribution in [0.15, 0.2) is 0 Å². The molecular weight excluding hydrogens is 288 g/mol. The molecule has 0 aliphatic rings. The fraction of sp³-hybridized carbons (Fsp3) is 0.500. The van der Waals surface area contributed by atoms with Crippen LogP contribution in [0.2, 0.25) is 0 Å². The van der Waals surface area contributed by atoms with Gasteiger partial charge in [0.1, 0.15) is 18.2 Å². The molecule has 6 N–H and O–H groups in total. The van der Waals surface area contributed by atoms with Crippen molar-refractivity contribution in [3.63, 3.8) is 0 Å². The summed E-state index contributed by atoms with van der Waals surface area (Å²) in [5.74, 6) is -6.20. The van der Waals surface area contributed by atoms with Crippen molar-refractivity contribution in [1.82, 2.24) is 10.5 Å². The number of hydrogen-bond acceptors (Lipinski definition) is 8. The SMILES string of the molecule is CC(=O)C(CC(=O)N(O)OC(=O)CNC(=O)CN)C(N)=O. The van der Waals surface area contributed by atoms with Crippen LogP contribution in [-0.4, -0.2) is 53.0 Å². The fourth-order valence-electron chi connectivity index (χ4n) is 1.12. The maximum absolute atomic E-state index is 11.4. The van der Waals surface area contributed by atoms with Crippen molar-refractivity contribution in [3.05, 3.63) is 0 Å². The van der Waals surface area contributed by atoms with Crippen LogP contribution in [-0.2, 0) is 28.8 Å². The lowest BCUT2D eigenvalue weighted by molar-refractivity contribution is -0.297. The molecule has 0 aromatic carbocycles. The Bertz CT molecular complexity index is 437. The van der Waals surface area contributed by atoms with Gasteiger partial charge in [-0.2, -0.15) is 0 Å². The van der Waals surface area contributed by atoms with Gasteiger partial charge >= 0.3 is 5.97 Å². The Balaban J connectivity index is 4.38. The van der Waals surface area contributed by atoms with E-state index in [1.165, 1.54) is 0 Å². The summed E-state index contributed by atoms with van der Waals surface area (Å²) in [7, 11) is 0. The Morgan fingerprint density at radius 2 is 1.86 bits per heavy atom. The Morgan fingerprint density at radius 1 is 1.29 bits per heavy atom. The molecule has 0 rings (SSSR count). The number of carbonyl (C=O) groups excluding carboxylic acids is 5. The maximum atomic E-state index is 11.4. The minimum atomic E-state index is -1.44. The van der Waals surface area contributed by atoms with E-state index < -0.39 is 53.6 Å². The number of carbonyl (C=O) groups is 5. The van der Waals surface area contributed by atoms with Gasteiger partial charge < -0.3 is 21.6 Å². The molecule has 11 heteroatoms. The van der Waals surface area contributed by atoms with Gasteiger partial charge in [-0.05, 0) is 12.2 Å². The molecule has 0 saturated carbocycles. The predicted molar refractivity (Wildman–Crippen MR) is 64.8 cm³/mol. The third kappa shape index (κ3) is 6.98. The van der Waals surface area contributed by atoms with Gasteiger partial charge in [0, 0.05) is 0 Å². The topological polar surface area (TPSA) is 182 Å². The summed E-state index contributed by atoms with van der Waals surface area (Å²) in [6.45, 7) is 0.0546. The van der Waals surface area contributed by atoms with Crippen molar-refractivity contribution in [2.24, 2.45) is 17.4 Å². The molecule has 3 amide bonds. The number of primary amides is 1. The summed E-state index contributed by atoms with van der Waals surface area (Å²) in [5, 5.41) is 10.8. The van der Waals surface area contributed by atoms with Gasteiger partial charge in [0.2, 0.25) is 11.8 Å². The number of ketones is 1. The van der Waals surface area contributed by atoms with Gasteiger partial charge in [-0.3, -0.25) is 24.4 Å². The summed E-state index contributed by atoms with van der Waals surface area (Å²) in [6.07, 6.45) is -0.760. The first-order valence-corrected chi connectivity index (χ1v) is 5.68. The zero-order chi connectivity index (χ0) is 16.6. The van der Waals surface area contributed by atoms with E-state index in [1.807, 2.05) is 5.32 Å². The second kappa shape index (κ2) is 8.60. The molecule has 1 atom stereocenters. The van der Waals surface area contributed by atoms with Gasteiger partial charge in [0.25, 0.3) is 5.91 Å². The summed E-state index contributed by atoms with van der Waals surface area (Å²) in [6, 6.07) is 0. The van der Waals surface area contributed by atoms with Crippen molar-refractivity contribution >= 4 is 29.5 Å². The Kier molecular flexibility index (Phi) is 7.57. The molecule has 0 saturated heterocycles. The minimum Gasteiger partial charge on any atom is -0.369 e. The van der Waals surface area contributed by atoms with Crippen LogP contribution < -0.4 is 16.8 Å². The van der Waals surface area contributed by atoms with Crippen LogP contribution in [0.4, 0.5) is 0 Å². The quantitative estimate of drug-likeness (QED) is 0.215. The van der Waals surface area contributed by atoms with Crippen molar-refractivity contribution < 1.29 is 34.0 Å². The molecule has 11 nitrogen and oxygen atoms in total. The molecule has 1 unspecified atom stereocenters. The molecule has 0 bridgehead atoms. The van der Waals surface area contributed by atoms with Gasteiger partial charge in [0.15, 0.2) is 0 Å². The van der Waals surface area contributed by atoms with Crippen LogP contribution in [0.25, 0.3) is 0 Å². The normalized spacial score (nSPS) is 11.2. The molecule has 118 valence electrons. The standard InChI is InChI=1S/C10H16N4O7/c1-5(15)6(10(12)19)2-8(17)14(20)21-9(18)4-13-7(16)3-11/h6,20H,2-4,11H2,1H3,(H2,12,19)(H,13,16). The maximum Gasteiger partial charge on any atom is 0.354 e. The summed E-state index contributed by atoms with van der Waals surface area (Å²) >= 11 is 0. The van der Waals surface area contributed by atoms with E-state index in [9.17, 15) is 24.0 Å². The highest BCUT2D eigenvalue weighted by atomic mass is 16.9. The van der Waals surface area contributed by atoms with E-state index in [2.05, 4.69) is 4.84 Å². The second-order valence-electron chi connectivity index (χ2n) is 3.88. The summed E-state index contributed by atoms with van der Waals surface area (Å²) in [5.41, 5.74) is 9.87. The number of rotatable bonds is 7. The lowest BCUT2D eigenvalue weighted by atomic mass is 10.0. The number of hydroxylamine groups is 2. The molecule has 0 radical (unpaired) electrons. The zero-order valence-corrected chi connectivity index (χ0v) is 11.2. The van der Waals surface area contributed by atoms with E-state index in [1.54, 1.807) is 0 Å². The molecule has 21 heavy (non-hydrogen) atoms. The average Bonchev–Trinajstić information content (AvgIpc) is 2.40. The predicted octanol–water partition coefficient (Wildman–Crippen LogP) is -3.18. The smallest absolute Gasteiger partial charge is 0.354 e. The first-order chi connectivity index (χ1) is 9.68. The van der Waals surface area contributed by atoms with Crippen molar-refractivity contribution in [3.8, 4) is 0 Å². The minimum absolute atomic E-state index is 0.353. The monoisotopic (exact) mass is 304 g/mol. The molecule has 0 aromatic heterocycles. The van der Waals surface area contributed by atoms with E-state index in [4.69, 9.17) is 16.7 Å². The first-order valence-electron chi connectivity index (χ1n) is 5.68. The van der Waals surface area contributed by atoms with Crippen LogP contribution >= 0.6 is 0 Å². The Morgan fingerprint density at radius 3 is 2.29 bits per heavy atom. The Hall–Kier alpha value is -2.53. The Labute approximate surface area is 119 Å². The van der Waals surface area contributed by atoms with E-state index in [0.29, 0.717) is 0 Å². The number of hydrogen-bond donors (Lipinski definition) is 4. The van der Waals surface area contributed by atoms with Crippen molar-refractivity contribution in [1.29, 1.82) is 0 Å².